The van der Waals surface area contributed by atoms with E-state index in [-0.39, 0.29) is 17.8 Å². The molecule has 0 aliphatic heterocycles. The van der Waals surface area contributed by atoms with Crippen molar-refractivity contribution in [2.24, 2.45) is 0 Å². The molecule has 0 spiro atoms. The fraction of sp³-hybridized carbons (Fsp3) is 0.583. The predicted octanol–water partition coefficient (Wildman–Crippen LogP) is 1.75. The Kier molecular flexibility index (Phi) is 4.16. The van der Waals surface area contributed by atoms with Gasteiger partial charge in [0.1, 0.15) is 5.82 Å². The van der Waals surface area contributed by atoms with Crippen LogP contribution in [0, 0.1) is 10.1 Å². The van der Waals surface area contributed by atoms with Crippen molar-refractivity contribution in [1.29, 1.82) is 0 Å². The van der Waals surface area contributed by atoms with E-state index in [0.717, 1.165) is 25.7 Å². The third kappa shape index (κ3) is 3.31. The fourth-order valence-corrected chi connectivity index (χ4v) is 2.26. The Bertz CT molecular complexity index is 458. The topological polar surface area (TPSA) is 100 Å². The lowest BCUT2D eigenvalue weighted by molar-refractivity contribution is -0.384. The number of nitrogens with one attached hydrogen (secondary N) is 2. The van der Waals surface area contributed by atoms with Crippen LogP contribution in [0.2, 0.25) is 0 Å². The van der Waals surface area contributed by atoms with Crippen LogP contribution in [0.3, 0.4) is 0 Å². The first-order chi connectivity index (χ1) is 9.10. The molecule has 0 unspecified atom stereocenters. The summed E-state index contributed by atoms with van der Waals surface area (Å²) in [6.45, 7) is 0. The average molecular weight is 266 g/mol. The summed E-state index contributed by atoms with van der Waals surface area (Å²) in [6, 6.07) is 3.15. The third-order valence-electron chi connectivity index (χ3n) is 3.36. The van der Waals surface area contributed by atoms with Crippen LogP contribution < -0.4 is 10.6 Å². The molecule has 1 fully saturated rings. The maximum absolute atomic E-state index is 11.0. The minimum absolute atomic E-state index is 0.0230. The van der Waals surface area contributed by atoms with Gasteiger partial charge in [-0.2, -0.15) is 0 Å². The van der Waals surface area contributed by atoms with E-state index >= 15 is 0 Å². The first kappa shape index (κ1) is 13.5. The van der Waals surface area contributed by atoms with Crippen LogP contribution in [0.1, 0.15) is 25.7 Å². The quantitative estimate of drug-likeness (QED) is 0.567. The van der Waals surface area contributed by atoms with E-state index in [2.05, 4.69) is 15.6 Å². The Morgan fingerprint density at radius 1 is 1.37 bits per heavy atom. The van der Waals surface area contributed by atoms with Gasteiger partial charge in [0.05, 0.1) is 11.0 Å². The van der Waals surface area contributed by atoms with Crippen molar-refractivity contribution in [2.45, 2.75) is 37.8 Å². The second-order valence-electron chi connectivity index (χ2n) is 4.72. The Hall–Kier alpha value is -1.89. The molecule has 0 aromatic carbocycles. The Labute approximate surface area is 111 Å². The van der Waals surface area contributed by atoms with Gasteiger partial charge in [-0.3, -0.25) is 10.1 Å². The zero-order valence-electron chi connectivity index (χ0n) is 10.8. The van der Waals surface area contributed by atoms with Gasteiger partial charge in [0.25, 0.3) is 0 Å². The summed E-state index contributed by atoms with van der Waals surface area (Å²) < 4.78 is 0. The van der Waals surface area contributed by atoms with Gasteiger partial charge in [0.2, 0.25) is 5.82 Å². The molecule has 1 aromatic heterocycles. The molecule has 1 aliphatic carbocycles. The third-order valence-corrected chi connectivity index (χ3v) is 3.36. The van der Waals surface area contributed by atoms with Crippen LogP contribution in [0.5, 0.6) is 0 Å². The number of aliphatic hydroxyl groups is 1. The molecule has 0 saturated heterocycles. The molecule has 1 saturated carbocycles. The van der Waals surface area contributed by atoms with Crippen LogP contribution in [-0.2, 0) is 0 Å². The van der Waals surface area contributed by atoms with Gasteiger partial charge in [0.15, 0.2) is 0 Å². The summed E-state index contributed by atoms with van der Waals surface area (Å²) in [5.41, 5.74) is -0.0230. The van der Waals surface area contributed by atoms with Gasteiger partial charge in [0, 0.05) is 19.2 Å². The first-order valence-electron chi connectivity index (χ1n) is 6.38. The Morgan fingerprint density at radius 2 is 2.05 bits per heavy atom. The maximum Gasteiger partial charge on any atom is 0.311 e. The lowest BCUT2D eigenvalue weighted by Gasteiger charge is -2.26. The summed E-state index contributed by atoms with van der Waals surface area (Å²) in [7, 11) is 1.72. The SMILES string of the molecule is CNc1ccc([N+](=O)[O-])c(NC2CCC(O)CC2)n1. The summed E-state index contributed by atoms with van der Waals surface area (Å²) >= 11 is 0. The molecule has 3 N–H and O–H groups in total. The highest BCUT2D eigenvalue weighted by molar-refractivity contribution is 5.60. The zero-order chi connectivity index (χ0) is 13.8. The molecule has 1 heterocycles. The average Bonchev–Trinajstić information content (AvgIpc) is 2.41. The number of rotatable bonds is 4. The summed E-state index contributed by atoms with van der Waals surface area (Å²) in [6.07, 6.45) is 2.78. The Morgan fingerprint density at radius 3 is 2.63 bits per heavy atom. The molecule has 1 aliphatic rings. The number of pyridine rings is 1. The van der Waals surface area contributed by atoms with Crippen LogP contribution in [0.4, 0.5) is 17.3 Å². The van der Waals surface area contributed by atoms with Crippen molar-refractivity contribution in [3.05, 3.63) is 22.2 Å². The van der Waals surface area contributed by atoms with E-state index in [1.165, 1.54) is 6.07 Å². The van der Waals surface area contributed by atoms with Gasteiger partial charge >= 0.3 is 5.69 Å². The van der Waals surface area contributed by atoms with Crippen molar-refractivity contribution in [1.82, 2.24) is 4.98 Å². The highest BCUT2D eigenvalue weighted by Crippen LogP contribution is 2.28. The number of anilines is 2. The van der Waals surface area contributed by atoms with E-state index in [1.54, 1.807) is 13.1 Å². The lowest BCUT2D eigenvalue weighted by atomic mass is 9.93. The number of hydrogen-bond acceptors (Lipinski definition) is 6. The Balaban J connectivity index is 2.15. The van der Waals surface area contributed by atoms with E-state index in [0.29, 0.717) is 11.6 Å². The van der Waals surface area contributed by atoms with Crippen molar-refractivity contribution < 1.29 is 10.0 Å². The number of aromatic nitrogens is 1. The summed E-state index contributed by atoms with van der Waals surface area (Å²) in [5, 5.41) is 26.4. The van der Waals surface area contributed by atoms with Gasteiger partial charge in [-0.25, -0.2) is 4.98 Å². The van der Waals surface area contributed by atoms with Crippen molar-refractivity contribution >= 4 is 17.3 Å². The highest BCUT2D eigenvalue weighted by Gasteiger charge is 2.23. The normalized spacial score (nSPS) is 22.8. The lowest BCUT2D eigenvalue weighted by Crippen LogP contribution is -2.28. The van der Waals surface area contributed by atoms with Crippen LogP contribution >= 0.6 is 0 Å². The smallest absolute Gasteiger partial charge is 0.311 e. The van der Waals surface area contributed by atoms with Crippen LogP contribution in [0.15, 0.2) is 12.1 Å². The standard InChI is InChI=1S/C12H18N4O3/c1-13-11-7-6-10(16(18)19)12(15-11)14-8-2-4-9(17)5-3-8/h6-9,17H,2-5H2,1H3,(H2,13,14,15). The minimum atomic E-state index is -0.438. The fourth-order valence-electron chi connectivity index (χ4n) is 2.26. The largest absolute Gasteiger partial charge is 0.393 e. The number of hydrogen-bond donors (Lipinski definition) is 3. The monoisotopic (exact) mass is 266 g/mol. The van der Waals surface area contributed by atoms with Gasteiger partial charge < -0.3 is 15.7 Å². The molecular formula is C12H18N4O3. The van der Waals surface area contributed by atoms with Gasteiger partial charge in [-0.1, -0.05) is 0 Å². The number of nitro groups is 1. The van der Waals surface area contributed by atoms with Crippen LogP contribution in [0.25, 0.3) is 0 Å². The van der Waals surface area contributed by atoms with E-state index < -0.39 is 4.92 Å². The molecule has 2 rings (SSSR count). The van der Waals surface area contributed by atoms with Gasteiger partial charge in [-0.05, 0) is 31.7 Å². The van der Waals surface area contributed by atoms with Crippen molar-refractivity contribution in [3.63, 3.8) is 0 Å². The van der Waals surface area contributed by atoms with Crippen molar-refractivity contribution in [2.75, 3.05) is 17.7 Å². The van der Waals surface area contributed by atoms with E-state index in [1.807, 2.05) is 0 Å². The van der Waals surface area contributed by atoms with Crippen LogP contribution in [-0.4, -0.2) is 34.2 Å². The molecule has 1 aromatic rings. The second kappa shape index (κ2) is 5.83. The van der Waals surface area contributed by atoms with E-state index in [9.17, 15) is 15.2 Å². The molecule has 104 valence electrons. The predicted molar refractivity (Wildman–Crippen MR) is 72.3 cm³/mol. The van der Waals surface area contributed by atoms with Gasteiger partial charge in [-0.15, -0.1) is 0 Å². The highest BCUT2D eigenvalue weighted by atomic mass is 16.6. The molecule has 0 radical (unpaired) electrons. The molecule has 0 amide bonds. The molecule has 0 bridgehead atoms. The molecule has 19 heavy (non-hydrogen) atoms. The first-order valence-corrected chi connectivity index (χ1v) is 6.38. The zero-order valence-corrected chi connectivity index (χ0v) is 10.8. The minimum Gasteiger partial charge on any atom is -0.393 e. The summed E-state index contributed by atoms with van der Waals surface area (Å²) in [4.78, 5) is 14.7. The number of nitrogens with zero attached hydrogens (tertiary/aromatic N) is 2. The number of aliphatic hydroxyl groups excluding tert-OH is 1. The second-order valence-corrected chi connectivity index (χ2v) is 4.72. The summed E-state index contributed by atoms with van der Waals surface area (Å²) in [5.74, 6) is 0.877. The molecule has 0 atom stereocenters. The maximum atomic E-state index is 11.0. The molecular weight excluding hydrogens is 248 g/mol. The van der Waals surface area contributed by atoms with E-state index in [4.69, 9.17) is 0 Å². The van der Waals surface area contributed by atoms with Crippen molar-refractivity contribution in [3.8, 4) is 0 Å². The molecule has 7 nitrogen and oxygen atoms in total. The molecule has 7 heteroatoms.